The lowest BCUT2D eigenvalue weighted by Gasteiger charge is -2.21. The molecular formula is C25H23FN4O4S. The largest absolute Gasteiger partial charge is 0.495 e. The summed E-state index contributed by atoms with van der Waals surface area (Å²) in [5.74, 6) is -0.432. The van der Waals surface area contributed by atoms with Crippen molar-refractivity contribution in [3.05, 3.63) is 102 Å². The van der Waals surface area contributed by atoms with Crippen LogP contribution in [0, 0.1) is 5.82 Å². The van der Waals surface area contributed by atoms with E-state index in [2.05, 4.69) is 10.3 Å². The van der Waals surface area contributed by atoms with Gasteiger partial charge in [0.15, 0.2) is 0 Å². The number of carbonyl (C=O) groups excluding carboxylic acids is 1. The SMILES string of the molecule is COc1ccccc1N(C)S(=O)(=O)c1ccc(C(=O)NCc2ccc(-n3ccnc3)c(F)c2)cc1. The third-order valence-electron chi connectivity index (χ3n) is 5.45. The van der Waals surface area contributed by atoms with Gasteiger partial charge in [0.1, 0.15) is 11.6 Å². The number of hydrogen-bond donors (Lipinski definition) is 1. The van der Waals surface area contributed by atoms with E-state index in [1.807, 2.05) is 0 Å². The fourth-order valence-corrected chi connectivity index (χ4v) is 4.72. The first-order valence-corrected chi connectivity index (χ1v) is 12.0. The molecule has 0 bridgehead atoms. The standard InChI is InChI=1S/C25H23FN4O4S/c1-29(23-5-3-4-6-24(23)34-2)35(32,33)20-10-8-19(9-11-20)25(31)28-16-18-7-12-22(21(26)15-18)30-14-13-27-17-30/h3-15,17H,16H2,1-2H3,(H,28,31). The van der Waals surface area contributed by atoms with E-state index in [4.69, 9.17) is 4.74 Å². The van der Waals surface area contributed by atoms with Gasteiger partial charge < -0.3 is 14.6 Å². The van der Waals surface area contributed by atoms with E-state index in [-0.39, 0.29) is 17.0 Å². The first kappa shape index (κ1) is 24.0. The highest BCUT2D eigenvalue weighted by Crippen LogP contribution is 2.30. The maximum Gasteiger partial charge on any atom is 0.264 e. The fraction of sp³-hybridized carbons (Fsp3) is 0.120. The lowest BCUT2D eigenvalue weighted by atomic mass is 10.1. The Morgan fingerprint density at radius 2 is 1.86 bits per heavy atom. The van der Waals surface area contributed by atoms with E-state index >= 15 is 0 Å². The predicted molar refractivity (Wildman–Crippen MR) is 130 cm³/mol. The number of benzene rings is 3. The molecule has 35 heavy (non-hydrogen) atoms. The Hall–Kier alpha value is -4.18. The number of carbonyl (C=O) groups is 1. The maximum atomic E-state index is 14.4. The molecular weight excluding hydrogens is 471 g/mol. The molecule has 3 aromatic carbocycles. The molecule has 10 heteroatoms. The highest BCUT2D eigenvalue weighted by molar-refractivity contribution is 7.92. The summed E-state index contributed by atoms with van der Waals surface area (Å²) in [6, 6.07) is 17.0. The quantitative estimate of drug-likeness (QED) is 0.403. The van der Waals surface area contributed by atoms with Crippen molar-refractivity contribution in [2.75, 3.05) is 18.5 Å². The summed E-state index contributed by atoms with van der Waals surface area (Å²) in [6.07, 6.45) is 4.69. The second-order valence-corrected chi connectivity index (χ2v) is 9.58. The van der Waals surface area contributed by atoms with Gasteiger partial charge in [-0.15, -0.1) is 0 Å². The number of imidazole rings is 1. The monoisotopic (exact) mass is 494 g/mol. The molecule has 180 valence electrons. The second kappa shape index (κ2) is 9.98. The molecule has 4 aromatic rings. The molecule has 0 aliphatic rings. The van der Waals surface area contributed by atoms with Gasteiger partial charge in [0, 0.05) is 31.5 Å². The van der Waals surface area contributed by atoms with Crippen LogP contribution in [0.4, 0.5) is 10.1 Å². The molecule has 0 radical (unpaired) electrons. The summed E-state index contributed by atoms with van der Waals surface area (Å²) in [7, 11) is -0.973. The summed E-state index contributed by atoms with van der Waals surface area (Å²) in [4.78, 5) is 16.5. The molecule has 4 rings (SSSR count). The average Bonchev–Trinajstić information content (AvgIpc) is 3.41. The van der Waals surface area contributed by atoms with Crippen molar-refractivity contribution in [2.24, 2.45) is 0 Å². The van der Waals surface area contributed by atoms with Crippen molar-refractivity contribution in [2.45, 2.75) is 11.4 Å². The van der Waals surface area contributed by atoms with Crippen LogP contribution in [-0.2, 0) is 16.6 Å². The van der Waals surface area contributed by atoms with Crippen molar-refractivity contribution >= 4 is 21.6 Å². The van der Waals surface area contributed by atoms with E-state index in [0.29, 0.717) is 22.7 Å². The Morgan fingerprint density at radius 3 is 2.51 bits per heavy atom. The first-order valence-electron chi connectivity index (χ1n) is 10.6. The molecule has 0 saturated heterocycles. The Kier molecular flexibility index (Phi) is 6.83. The lowest BCUT2D eigenvalue weighted by Crippen LogP contribution is -2.27. The molecule has 0 unspecified atom stereocenters. The Labute approximate surface area is 202 Å². The summed E-state index contributed by atoms with van der Waals surface area (Å²) in [5, 5.41) is 2.72. The zero-order valence-electron chi connectivity index (χ0n) is 19.1. The van der Waals surface area contributed by atoms with Gasteiger partial charge in [0.2, 0.25) is 0 Å². The predicted octanol–water partition coefficient (Wildman–Crippen LogP) is 3.78. The van der Waals surface area contributed by atoms with Crippen LogP contribution < -0.4 is 14.4 Å². The number of halogens is 1. The molecule has 1 amide bonds. The molecule has 0 spiro atoms. The van der Waals surface area contributed by atoms with E-state index < -0.39 is 21.7 Å². The number of sulfonamides is 1. The minimum Gasteiger partial charge on any atom is -0.495 e. The van der Waals surface area contributed by atoms with Gasteiger partial charge in [-0.3, -0.25) is 9.10 Å². The van der Waals surface area contributed by atoms with Crippen molar-refractivity contribution in [1.82, 2.24) is 14.9 Å². The maximum absolute atomic E-state index is 14.4. The highest BCUT2D eigenvalue weighted by atomic mass is 32.2. The topological polar surface area (TPSA) is 93.5 Å². The number of hydrogen-bond acceptors (Lipinski definition) is 5. The molecule has 8 nitrogen and oxygen atoms in total. The fourth-order valence-electron chi connectivity index (χ4n) is 3.51. The van der Waals surface area contributed by atoms with Crippen LogP contribution in [0.15, 0.2) is 90.3 Å². The smallest absolute Gasteiger partial charge is 0.264 e. The van der Waals surface area contributed by atoms with Crippen LogP contribution in [0.3, 0.4) is 0 Å². The first-order chi connectivity index (χ1) is 16.8. The zero-order chi connectivity index (χ0) is 25.0. The summed E-state index contributed by atoms with van der Waals surface area (Å²) in [6.45, 7) is 0.108. The highest BCUT2D eigenvalue weighted by Gasteiger charge is 2.24. The van der Waals surface area contributed by atoms with Crippen LogP contribution in [0.1, 0.15) is 15.9 Å². The van der Waals surface area contributed by atoms with E-state index in [0.717, 1.165) is 4.31 Å². The third-order valence-corrected chi connectivity index (χ3v) is 7.23. The van der Waals surface area contributed by atoms with Crippen molar-refractivity contribution in [3.63, 3.8) is 0 Å². The second-order valence-electron chi connectivity index (χ2n) is 7.61. The number of ether oxygens (including phenoxy) is 1. The lowest BCUT2D eigenvalue weighted by molar-refractivity contribution is 0.0950. The molecule has 0 aliphatic carbocycles. The Morgan fingerprint density at radius 1 is 1.11 bits per heavy atom. The number of nitrogens with one attached hydrogen (secondary N) is 1. The summed E-state index contributed by atoms with van der Waals surface area (Å²) >= 11 is 0. The van der Waals surface area contributed by atoms with Gasteiger partial charge in [-0.25, -0.2) is 17.8 Å². The van der Waals surface area contributed by atoms with Crippen LogP contribution in [0.5, 0.6) is 5.75 Å². The molecule has 0 fully saturated rings. The summed E-state index contributed by atoms with van der Waals surface area (Å²) < 4.78 is 48.5. The van der Waals surface area contributed by atoms with Gasteiger partial charge >= 0.3 is 0 Å². The molecule has 0 atom stereocenters. The van der Waals surface area contributed by atoms with Crippen LogP contribution in [0.25, 0.3) is 5.69 Å². The molecule has 1 aromatic heterocycles. The van der Waals surface area contributed by atoms with E-state index in [1.54, 1.807) is 53.4 Å². The van der Waals surface area contributed by atoms with Crippen LogP contribution in [0.2, 0.25) is 0 Å². The van der Waals surface area contributed by atoms with E-state index in [9.17, 15) is 17.6 Å². The molecule has 1 heterocycles. The number of methoxy groups -OCH3 is 1. The number of aromatic nitrogens is 2. The van der Waals surface area contributed by atoms with Crippen molar-refractivity contribution in [1.29, 1.82) is 0 Å². The molecule has 0 saturated carbocycles. The minimum absolute atomic E-state index is 0.0274. The van der Waals surface area contributed by atoms with Crippen LogP contribution >= 0.6 is 0 Å². The average molecular weight is 495 g/mol. The van der Waals surface area contributed by atoms with Gasteiger partial charge in [0.25, 0.3) is 15.9 Å². The number of para-hydroxylation sites is 2. The van der Waals surface area contributed by atoms with Gasteiger partial charge in [0.05, 0.1) is 29.7 Å². The van der Waals surface area contributed by atoms with Crippen LogP contribution in [-0.4, -0.2) is 38.0 Å². The third kappa shape index (κ3) is 5.02. The number of nitrogens with zero attached hydrogens (tertiary/aromatic N) is 3. The minimum atomic E-state index is -3.88. The Bertz CT molecular complexity index is 1440. The van der Waals surface area contributed by atoms with Crippen molar-refractivity contribution in [3.8, 4) is 11.4 Å². The summed E-state index contributed by atoms with van der Waals surface area (Å²) in [5.41, 5.74) is 1.60. The van der Waals surface area contributed by atoms with Crippen molar-refractivity contribution < 1.29 is 22.3 Å². The number of amides is 1. The van der Waals surface area contributed by atoms with Gasteiger partial charge in [-0.2, -0.15) is 0 Å². The molecule has 0 aliphatic heterocycles. The van der Waals surface area contributed by atoms with Gasteiger partial charge in [-0.05, 0) is 54.1 Å². The number of rotatable bonds is 8. The zero-order valence-corrected chi connectivity index (χ0v) is 19.9. The normalized spacial score (nSPS) is 11.2. The number of anilines is 1. The van der Waals surface area contributed by atoms with E-state index in [1.165, 1.54) is 50.8 Å². The molecule has 1 N–H and O–H groups in total. The Balaban J connectivity index is 1.44. The van der Waals surface area contributed by atoms with Gasteiger partial charge in [-0.1, -0.05) is 18.2 Å².